The molecule has 0 aromatic rings. The Hall–Kier alpha value is -0.280. The van der Waals surface area contributed by atoms with Gasteiger partial charge in [-0.3, -0.25) is 4.79 Å². The molecule has 1 saturated carbocycles. The molecule has 15 heavy (non-hydrogen) atoms. The van der Waals surface area contributed by atoms with Gasteiger partial charge < -0.3 is 10.1 Å². The summed E-state index contributed by atoms with van der Waals surface area (Å²) in [6.07, 6.45) is 4.08. The van der Waals surface area contributed by atoms with E-state index in [9.17, 15) is 4.79 Å². The fourth-order valence-electron chi connectivity index (χ4n) is 1.71. The molecule has 0 heterocycles. The summed E-state index contributed by atoms with van der Waals surface area (Å²) >= 11 is 5.98. The zero-order chi connectivity index (χ0) is 11.3. The number of halogens is 1. The molecule has 0 saturated heterocycles. The van der Waals surface area contributed by atoms with Crippen LogP contribution in [0.4, 0.5) is 0 Å². The SMILES string of the molecule is CC(C)OCC(=O)NC1CCC(Cl)CC1. The Morgan fingerprint density at radius 1 is 1.40 bits per heavy atom. The first kappa shape index (κ1) is 12.8. The molecule has 1 rings (SSSR count). The first-order valence-electron chi connectivity index (χ1n) is 5.63. The summed E-state index contributed by atoms with van der Waals surface area (Å²) in [6.45, 7) is 4.01. The van der Waals surface area contributed by atoms with E-state index in [2.05, 4.69) is 5.32 Å². The molecule has 0 aliphatic heterocycles. The smallest absolute Gasteiger partial charge is 0.246 e. The van der Waals surface area contributed by atoms with Gasteiger partial charge in [0.15, 0.2) is 0 Å². The van der Waals surface area contributed by atoms with Crippen LogP contribution in [0.25, 0.3) is 0 Å². The highest BCUT2D eigenvalue weighted by Crippen LogP contribution is 2.22. The van der Waals surface area contributed by atoms with E-state index in [-0.39, 0.29) is 18.6 Å². The normalized spacial score (nSPS) is 26.7. The summed E-state index contributed by atoms with van der Waals surface area (Å²) in [4.78, 5) is 11.4. The van der Waals surface area contributed by atoms with Gasteiger partial charge in [-0.1, -0.05) is 0 Å². The van der Waals surface area contributed by atoms with Crippen molar-refractivity contribution in [2.45, 2.75) is 57.1 Å². The van der Waals surface area contributed by atoms with Gasteiger partial charge >= 0.3 is 0 Å². The third-order valence-corrected chi connectivity index (χ3v) is 3.01. The Balaban J connectivity index is 2.15. The van der Waals surface area contributed by atoms with Crippen LogP contribution in [0, 0.1) is 0 Å². The third-order valence-electron chi connectivity index (χ3n) is 2.57. The molecule has 3 nitrogen and oxygen atoms in total. The quantitative estimate of drug-likeness (QED) is 0.755. The number of alkyl halides is 1. The lowest BCUT2D eigenvalue weighted by Gasteiger charge is -2.25. The molecule has 1 N–H and O–H groups in total. The van der Waals surface area contributed by atoms with Gasteiger partial charge in [0.2, 0.25) is 5.91 Å². The first-order chi connectivity index (χ1) is 7.08. The van der Waals surface area contributed by atoms with Crippen LogP contribution in [0.2, 0.25) is 0 Å². The third kappa shape index (κ3) is 5.38. The first-order valence-corrected chi connectivity index (χ1v) is 6.06. The summed E-state index contributed by atoms with van der Waals surface area (Å²) in [5.74, 6) is -0.0123. The second-order valence-electron chi connectivity index (χ2n) is 4.38. The van der Waals surface area contributed by atoms with Crippen molar-refractivity contribution in [1.82, 2.24) is 5.32 Å². The van der Waals surface area contributed by atoms with Gasteiger partial charge in [-0.2, -0.15) is 0 Å². The van der Waals surface area contributed by atoms with Crippen LogP contribution >= 0.6 is 11.6 Å². The van der Waals surface area contributed by atoms with E-state index in [0.29, 0.717) is 11.4 Å². The highest BCUT2D eigenvalue weighted by molar-refractivity contribution is 6.20. The molecule has 1 fully saturated rings. The van der Waals surface area contributed by atoms with Gasteiger partial charge in [0.1, 0.15) is 6.61 Å². The number of carbonyl (C=O) groups is 1. The molecule has 0 atom stereocenters. The van der Waals surface area contributed by atoms with Crippen LogP contribution in [0.3, 0.4) is 0 Å². The van der Waals surface area contributed by atoms with Crippen molar-refractivity contribution in [1.29, 1.82) is 0 Å². The number of amides is 1. The number of hydrogen-bond donors (Lipinski definition) is 1. The summed E-state index contributed by atoms with van der Waals surface area (Å²) in [7, 11) is 0. The van der Waals surface area contributed by atoms with Crippen molar-refractivity contribution in [3.63, 3.8) is 0 Å². The van der Waals surface area contributed by atoms with E-state index in [1.807, 2.05) is 13.8 Å². The molecular weight excluding hydrogens is 214 g/mol. The minimum Gasteiger partial charge on any atom is -0.369 e. The largest absolute Gasteiger partial charge is 0.369 e. The van der Waals surface area contributed by atoms with Crippen molar-refractivity contribution in [3.05, 3.63) is 0 Å². The van der Waals surface area contributed by atoms with Crippen LogP contribution in [0.5, 0.6) is 0 Å². The van der Waals surface area contributed by atoms with E-state index < -0.39 is 0 Å². The number of carbonyl (C=O) groups excluding carboxylic acids is 1. The lowest BCUT2D eigenvalue weighted by atomic mass is 9.95. The van der Waals surface area contributed by atoms with Crippen molar-refractivity contribution in [2.24, 2.45) is 0 Å². The molecule has 0 bridgehead atoms. The van der Waals surface area contributed by atoms with Crippen molar-refractivity contribution < 1.29 is 9.53 Å². The van der Waals surface area contributed by atoms with Crippen LogP contribution in [0.15, 0.2) is 0 Å². The van der Waals surface area contributed by atoms with Crippen molar-refractivity contribution >= 4 is 17.5 Å². The summed E-state index contributed by atoms with van der Waals surface area (Å²) in [5.41, 5.74) is 0. The van der Waals surface area contributed by atoms with Gasteiger partial charge in [-0.15, -0.1) is 11.6 Å². The number of ether oxygens (including phenoxy) is 1. The Labute approximate surface area is 96.5 Å². The van der Waals surface area contributed by atoms with Crippen LogP contribution in [0.1, 0.15) is 39.5 Å². The van der Waals surface area contributed by atoms with Crippen LogP contribution < -0.4 is 5.32 Å². The average Bonchev–Trinajstić information content (AvgIpc) is 2.19. The van der Waals surface area contributed by atoms with E-state index in [1.165, 1.54) is 0 Å². The lowest BCUT2D eigenvalue weighted by molar-refractivity contribution is -0.128. The molecule has 1 amide bonds. The fourth-order valence-corrected chi connectivity index (χ4v) is 1.96. The minimum absolute atomic E-state index is 0.0123. The zero-order valence-electron chi connectivity index (χ0n) is 9.46. The van der Waals surface area contributed by atoms with Gasteiger partial charge in [-0.25, -0.2) is 0 Å². The fraction of sp³-hybridized carbons (Fsp3) is 0.909. The monoisotopic (exact) mass is 233 g/mol. The number of hydrogen-bond acceptors (Lipinski definition) is 2. The maximum atomic E-state index is 11.4. The van der Waals surface area contributed by atoms with E-state index in [1.54, 1.807) is 0 Å². The Morgan fingerprint density at radius 2 is 2.00 bits per heavy atom. The Bertz CT molecular complexity index is 201. The molecule has 0 aromatic heterocycles. The maximum absolute atomic E-state index is 11.4. The van der Waals surface area contributed by atoms with Gasteiger partial charge in [-0.05, 0) is 39.5 Å². The second-order valence-corrected chi connectivity index (χ2v) is 4.99. The van der Waals surface area contributed by atoms with Crippen LogP contribution in [-0.4, -0.2) is 30.0 Å². The maximum Gasteiger partial charge on any atom is 0.246 e. The molecule has 0 spiro atoms. The highest BCUT2D eigenvalue weighted by Gasteiger charge is 2.20. The predicted octanol–water partition coefficient (Wildman–Crippen LogP) is 2.08. The molecule has 0 radical (unpaired) electrons. The van der Waals surface area contributed by atoms with Gasteiger partial charge in [0.25, 0.3) is 0 Å². The Kier molecular flexibility index (Phi) is 5.40. The van der Waals surface area contributed by atoms with E-state index in [4.69, 9.17) is 16.3 Å². The van der Waals surface area contributed by atoms with Crippen molar-refractivity contribution in [2.75, 3.05) is 6.61 Å². The van der Waals surface area contributed by atoms with Crippen LogP contribution in [-0.2, 0) is 9.53 Å². The topological polar surface area (TPSA) is 38.3 Å². The predicted molar refractivity (Wildman–Crippen MR) is 61.1 cm³/mol. The van der Waals surface area contributed by atoms with E-state index >= 15 is 0 Å². The molecular formula is C11H20ClNO2. The standard InChI is InChI=1S/C11H20ClNO2/c1-8(2)15-7-11(14)13-10-5-3-9(12)4-6-10/h8-10H,3-7H2,1-2H3,(H,13,14). The second kappa shape index (κ2) is 6.33. The highest BCUT2D eigenvalue weighted by atomic mass is 35.5. The average molecular weight is 234 g/mol. The zero-order valence-corrected chi connectivity index (χ0v) is 10.2. The molecule has 0 unspecified atom stereocenters. The molecule has 88 valence electrons. The molecule has 1 aliphatic rings. The summed E-state index contributed by atoms with van der Waals surface area (Å²) in [5, 5.41) is 3.27. The lowest BCUT2D eigenvalue weighted by Crippen LogP contribution is -2.40. The molecule has 4 heteroatoms. The minimum atomic E-state index is -0.0123. The van der Waals surface area contributed by atoms with Crippen molar-refractivity contribution in [3.8, 4) is 0 Å². The molecule has 0 aromatic carbocycles. The Morgan fingerprint density at radius 3 is 2.53 bits per heavy atom. The number of rotatable bonds is 4. The number of nitrogens with one attached hydrogen (secondary N) is 1. The van der Waals surface area contributed by atoms with Gasteiger partial charge in [0.05, 0.1) is 6.10 Å². The summed E-state index contributed by atoms with van der Waals surface area (Å²) < 4.78 is 5.23. The molecule has 1 aliphatic carbocycles. The van der Waals surface area contributed by atoms with E-state index in [0.717, 1.165) is 25.7 Å². The summed E-state index contributed by atoms with van der Waals surface area (Å²) in [6, 6.07) is 0.295. The van der Waals surface area contributed by atoms with Gasteiger partial charge in [0, 0.05) is 11.4 Å².